The van der Waals surface area contributed by atoms with Gasteiger partial charge in [0.15, 0.2) is 0 Å². The Hall–Kier alpha value is -4.15. The SMILES string of the molecule is CSc1ccc(S(=O)(=O)N(CC(=O)N(Cc2ccc(F)cc2)[C@H](Cc2ccccc2)C(=O)NCC(C)C)c2ccc(C)cc2)cc1. The van der Waals surface area contributed by atoms with Crippen molar-refractivity contribution in [3.05, 3.63) is 126 Å². The Morgan fingerprint density at radius 3 is 2.07 bits per heavy atom. The Kier molecular flexibility index (Phi) is 12.0. The molecular weight excluding hydrogens is 622 g/mol. The molecule has 242 valence electrons. The van der Waals surface area contributed by atoms with E-state index in [0.29, 0.717) is 17.8 Å². The summed E-state index contributed by atoms with van der Waals surface area (Å²) in [5.41, 5.74) is 2.68. The minimum Gasteiger partial charge on any atom is -0.354 e. The van der Waals surface area contributed by atoms with Crippen molar-refractivity contribution in [3.8, 4) is 0 Å². The molecule has 1 N–H and O–H groups in total. The maximum absolute atomic E-state index is 14.5. The number of amides is 2. The first kappa shape index (κ1) is 34.7. The number of hydrogen-bond acceptors (Lipinski definition) is 5. The van der Waals surface area contributed by atoms with Crippen molar-refractivity contribution >= 4 is 39.3 Å². The predicted molar refractivity (Wildman–Crippen MR) is 183 cm³/mol. The van der Waals surface area contributed by atoms with E-state index in [4.69, 9.17) is 0 Å². The second kappa shape index (κ2) is 15.9. The number of thioether (sulfide) groups is 1. The largest absolute Gasteiger partial charge is 0.354 e. The number of nitrogens with one attached hydrogen (secondary N) is 1. The minimum atomic E-state index is -4.20. The fourth-order valence-corrected chi connectivity index (χ4v) is 6.70. The van der Waals surface area contributed by atoms with E-state index in [-0.39, 0.29) is 29.7 Å². The third-order valence-corrected chi connectivity index (χ3v) is 10.0. The summed E-state index contributed by atoms with van der Waals surface area (Å²) in [4.78, 5) is 30.6. The Morgan fingerprint density at radius 1 is 0.848 bits per heavy atom. The Balaban J connectivity index is 1.79. The first-order valence-corrected chi connectivity index (χ1v) is 17.7. The number of hydrogen-bond donors (Lipinski definition) is 1. The van der Waals surface area contributed by atoms with Crippen molar-refractivity contribution in [3.63, 3.8) is 0 Å². The number of benzene rings is 4. The van der Waals surface area contributed by atoms with E-state index in [0.717, 1.165) is 20.3 Å². The van der Waals surface area contributed by atoms with Gasteiger partial charge < -0.3 is 10.2 Å². The number of rotatable bonds is 14. The van der Waals surface area contributed by atoms with Gasteiger partial charge in [0, 0.05) is 24.4 Å². The van der Waals surface area contributed by atoms with Crippen LogP contribution in [0.2, 0.25) is 0 Å². The lowest BCUT2D eigenvalue weighted by Gasteiger charge is -2.34. The van der Waals surface area contributed by atoms with Gasteiger partial charge in [0.1, 0.15) is 18.4 Å². The molecule has 0 aliphatic heterocycles. The summed E-state index contributed by atoms with van der Waals surface area (Å²) in [6, 6.07) is 27.5. The predicted octanol–water partition coefficient (Wildman–Crippen LogP) is 6.46. The maximum Gasteiger partial charge on any atom is 0.264 e. The average Bonchev–Trinajstić information content (AvgIpc) is 3.05. The lowest BCUT2D eigenvalue weighted by Crippen LogP contribution is -2.53. The zero-order valence-electron chi connectivity index (χ0n) is 26.5. The van der Waals surface area contributed by atoms with Crippen molar-refractivity contribution in [1.82, 2.24) is 10.2 Å². The molecule has 0 heterocycles. The van der Waals surface area contributed by atoms with Crippen molar-refractivity contribution in [1.29, 1.82) is 0 Å². The first-order valence-electron chi connectivity index (χ1n) is 15.1. The summed E-state index contributed by atoms with van der Waals surface area (Å²) < 4.78 is 43.3. The monoisotopic (exact) mass is 661 g/mol. The number of nitrogens with zero attached hydrogens (tertiary/aromatic N) is 2. The number of anilines is 1. The summed E-state index contributed by atoms with van der Waals surface area (Å²) >= 11 is 1.49. The van der Waals surface area contributed by atoms with E-state index in [9.17, 15) is 22.4 Å². The molecule has 4 aromatic rings. The molecule has 10 heteroatoms. The Labute approximate surface area is 275 Å². The van der Waals surface area contributed by atoms with Gasteiger partial charge in [-0.2, -0.15) is 0 Å². The van der Waals surface area contributed by atoms with Gasteiger partial charge in [0.05, 0.1) is 10.6 Å². The van der Waals surface area contributed by atoms with Crippen LogP contribution in [0.25, 0.3) is 0 Å². The molecule has 7 nitrogen and oxygen atoms in total. The highest BCUT2D eigenvalue weighted by Gasteiger charge is 2.34. The normalized spacial score (nSPS) is 12.0. The molecule has 0 spiro atoms. The molecule has 0 aromatic heterocycles. The molecule has 0 aliphatic carbocycles. The van der Waals surface area contributed by atoms with Gasteiger partial charge in [-0.15, -0.1) is 11.8 Å². The smallest absolute Gasteiger partial charge is 0.264 e. The van der Waals surface area contributed by atoms with Crippen LogP contribution in [0, 0.1) is 18.7 Å². The molecule has 4 aromatic carbocycles. The Bertz CT molecular complexity index is 1700. The van der Waals surface area contributed by atoms with Crippen LogP contribution in [-0.2, 0) is 32.6 Å². The van der Waals surface area contributed by atoms with Gasteiger partial charge in [-0.3, -0.25) is 13.9 Å². The highest BCUT2D eigenvalue weighted by molar-refractivity contribution is 7.98. The molecule has 0 aliphatic rings. The zero-order chi connectivity index (χ0) is 33.3. The van der Waals surface area contributed by atoms with E-state index in [2.05, 4.69) is 5.32 Å². The summed E-state index contributed by atoms with van der Waals surface area (Å²) in [5, 5.41) is 2.96. The number of halogens is 1. The minimum absolute atomic E-state index is 0.0318. The molecule has 0 fully saturated rings. The molecule has 0 saturated carbocycles. The standard InChI is InChI=1S/C36H40FN3O4S2/c1-26(2)23-38-36(42)34(22-28-8-6-5-7-9-28)39(24-29-12-14-30(37)15-13-29)35(41)25-40(31-16-10-27(3)11-17-31)46(43,44)33-20-18-32(45-4)19-21-33/h5-21,26,34H,22-25H2,1-4H3,(H,38,42)/t34-/m1/s1. The number of sulfonamides is 1. The number of carbonyl (C=O) groups excluding carboxylic acids is 2. The van der Waals surface area contributed by atoms with Crippen LogP contribution in [0.5, 0.6) is 0 Å². The lowest BCUT2D eigenvalue weighted by molar-refractivity contribution is -0.140. The van der Waals surface area contributed by atoms with Crippen LogP contribution in [0.3, 0.4) is 0 Å². The van der Waals surface area contributed by atoms with Crippen molar-refractivity contribution in [2.75, 3.05) is 23.7 Å². The first-order chi connectivity index (χ1) is 22.0. The second-order valence-corrected chi connectivity index (χ2v) is 14.3. The molecule has 0 unspecified atom stereocenters. The summed E-state index contributed by atoms with van der Waals surface area (Å²) in [6.45, 7) is 5.66. The van der Waals surface area contributed by atoms with Crippen LogP contribution in [0.4, 0.5) is 10.1 Å². The van der Waals surface area contributed by atoms with Gasteiger partial charge in [0.25, 0.3) is 10.0 Å². The van der Waals surface area contributed by atoms with Crippen molar-refractivity contribution < 1.29 is 22.4 Å². The van der Waals surface area contributed by atoms with Crippen molar-refractivity contribution in [2.24, 2.45) is 5.92 Å². The van der Waals surface area contributed by atoms with Crippen LogP contribution >= 0.6 is 11.8 Å². The van der Waals surface area contributed by atoms with Crippen molar-refractivity contribution in [2.45, 2.75) is 49.6 Å². The zero-order valence-corrected chi connectivity index (χ0v) is 28.2. The van der Waals surface area contributed by atoms with E-state index in [1.165, 1.54) is 40.9 Å². The van der Waals surface area contributed by atoms with Gasteiger partial charge in [0.2, 0.25) is 11.8 Å². The molecule has 1 atom stereocenters. The van der Waals surface area contributed by atoms with Crippen LogP contribution < -0.4 is 9.62 Å². The van der Waals surface area contributed by atoms with Gasteiger partial charge >= 0.3 is 0 Å². The molecule has 0 radical (unpaired) electrons. The fourth-order valence-electron chi connectivity index (χ4n) is 4.88. The molecular formula is C36H40FN3O4S2. The summed E-state index contributed by atoms with van der Waals surface area (Å²) in [5.74, 6) is -1.19. The summed E-state index contributed by atoms with van der Waals surface area (Å²) in [7, 11) is -4.20. The molecule has 46 heavy (non-hydrogen) atoms. The van der Waals surface area contributed by atoms with E-state index in [1.54, 1.807) is 48.5 Å². The molecule has 0 bridgehead atoms. The molecule has 2 amide bonds. The molecule has 4 rings (SSSR count). The maximum atomic E-state index is 14.5. The lowest BCUT2D eigenvalue weighted by atomic mass is 10.0. The van der Waals surface area contributed by atoms with Crippen LogP contribution in [0.15, 0.2) is 113 Å². The Morgan fingerprint density at radius 2 is 1.48 bits per heavy atom. The summed E-state index contributed by atoms with van der Waals surface area (Å²) in [6.07, 6.45) is 2.10. The third-order valence-electron chi connectivity index (χ3n) is 7.47. The topological polar surface area (TPSA) is 86.8 Å². The molecule has 0 saturated heterocycles. The van der Waals surface area contributed by atoms with Crippen LogP contribution in [-0.4, -0.2) is 50.5 Å². The number of aryl methyl sites for hydroxylation is 1. The van der Waals surface area contributed by atoms with Gasteiger partial charge in [-0.1, -0.05) is 74.0 Å². The highest BCUT2D eigenvalue weighted by Crippen LogP contribution is 2.27. The van der Waals surface area contributed by atoms with Gasteiger partial charge in [-0.05, 0) is 78.8 Å². The fraction of sp³-hybridized carbons (Fsp3) is 0.278. The average molecular weight is 662 g/mol. The second-order valence-electron chi connectivity index (χ2n) is 11.5. The third kappa shape index (κ3) is 9.20. The van der Waals surface area contributed by atoms with Crippen LogP contribution in [0.1, 0.15) is 30.5 Å². The van der Waals surface area contributed by atoms with E-state index in [1.807, 2.05) is 57.4 Å². The highest BCUT2D eigenvalue weighted by atomic mass is 32.2. The number of carbonyl (C=O) groups is 2. The van der Waals surface area contributed by atoms with E-state index >= 15 is 0 Å². The quantitative estimate of drug-likeness (QED) is 0.157. The van der Waals surface area contributed by atoms with Gasteiger partial charge in [-0.25, -0.2) is 12.8 Å². The van der Waals surface area contributed by atoms with E-state index < -0.39 is 34.3 Å².